The van der Waals surface area contributed by atoms with Gasteiger partial charge in [0.2, 0.25) is 0 Å². The van der Waals surface area contributed by atoms with Crippen LogP contribution in [0.2, 0.25) is 5.02 Å². The van der Waals surface area contributed by atoms with Crippen LogP contribution in [0.15, 0.2) is 18.2 Å². The SMILES string of the molecule is CSCCCCCCNc1ccc(N)cc1Cl. The molecule has 0 atom stereocenters. The maximum atomic E-state index is 6.07. The van der Waals surface area contributed by atoms with E-state index in [1.807, 2.05) is 23.9 Å². The van der Waals surface area contributed by atoms with Crippen LogP contribution in [0.5, 0.6) is 0 Å². The third-order valence-electron chi connectivity index (χ3n) is 2.58. The summed E-state index contributed by atoms with van der Waals surface area (Å²) in [7, 11) is 0. The number of rotatable bonds is 8. The Balaban J connectivity index is 2.14. The van der Waals surface area contributed by atoms with E-state index in [0.717, 1.165) is 12.2 Å². The summed E-state index contributed by atoms with van der Waals surface area (Å²) in [4.78, 5) is 0. The van der Waals surface area contributed by atoms with Crippen molar-refractivity contribution < 1.29 is 0 Å². The van der Waals surface area contributed by atoms with Crippen LogP contribution >= 0.6 is 23.4 Å². The number of thioether (sulfide) groups is 1. The summed E-state index contributed by atoms with van der Waals surface area (Å²) in [6.07, 6.45) is 7.27. The molecule has 0 aliphatic carbocycles. The predicted molar refractivity (Wildman–Crippen MR) is 81.2 cm³/mol. The molecule has 0 bridgehead atoms. The van der Waals surface area contributed by atoms with E-state index in [1.165, 1.54) is 31.4 Å². The van der Waals surface area contributed by atoms with Gasteiger partial charge in [0.15, 0.2) is 0 Å². The molecule has 0 spiro atoms. The summed E-state index contributed by atoms with van der Waals surface area (Å²) in [6.45, 7) is 0.975. The van der Waals surface area contributed by atoms with E-state index in [4.69, 9.17) is 17.3 Å². The topological polar surface area (TPSA) is 38.0 Å². The zero-order chi connectivity index (χ0) is 12.5. The van der Waals surface area contributed by atoms with Crippen LogP contribution in [0.4, 0.5) is 11.4 Å². The van der Waals surface area contributed by atoms with Gasteiger partial charge in [0.25, 0.3) is 0 Å². The summed E-state index contributed by atoms with van der Waals surface area (Å²) < 4.78 is 0. The van der Waals surface area contributed by atoms with Crippen LogP contribution in [0.25, 0.3) is 0 Å². The third-order valence-corrected chi connectivity index (χ3v) is 3.59. The molecule has 1 rings (SSSR count). The van der Waals surface area contributed by atoms with Crippen molar-refractivity contribution in [2.75, 3.05) is 29.6 Å². The first kappa shape index (κ1) is 14.5. The minimum Gasteiger partial charge on any atom is -0.399 e. The van der Waals surface area contributed by atoms with Crippen molar-refractivity contribution in [3.8, 4) is 0 Å². The van der Waals surface area contributed by atoms with Crippen LogP contribution in [0.1, 0.15) is 25.7 Å². The first-order valence-corrected chi connectivity index (χ1v) is 7.79. The molecule has 0 heterocycles. The highest BCUT2D eigenvalue weighted by Crippen LogP contribution is 2.23. The smallest absolute Gasteiger partial charge is 0.0657 e. The molecule has 0 aliphatic heterocycles. The van der Waals surface area contributed by atoms with Crippen molar-refractivity contribution in [1.29, 1.82) is 0 Å². The van der Waals surface area contributed by atoms with Crippen molar-refractivity contribution in [3.05, 3.63) is 23.2 Å². The van der Waals surface area contributed by atoms with E-state index in [9.17, 15) is 0 Å². The Labute approximate surface area is 113 Å². The molecule has 0 saturated carbocycles. The molecule has 0 aromatic heterocycles. The average Bonchev–Trinajstić information content (AvgIpc) is 2.30. The van der Waals surface area contributed by atoms with Crippen molar-refractivity contribution >= 4 is 34.7 Å². The van der Waals surface area contributed by atoms with Gasteiger partial charge in [0.1, 0.15) is 0 Å². The van der Waals surface area contributed by atoms with Gasteiger partial charge >= 0.3 is 0 Å². The van der Waals surface area contributed by atoms with E-state index >= 15 is 0 Å². The van der Waals surface area contributed by atoms with Crippen LogP contribution in [-0.2, 0) is 0 Å². The molecule has 2 nitrogen and oxygen atoms in total. The Morgan fingerprint density at radius 1 is 1.24 bits per heavy atom. The molecule has 0 unspecified atom stereocenters. The van der Waals surface area contributed by atoms with E-state index in [1.54, 1.807) is 6.07 Å². The normalized spacial score (nSPS) is 10.5. The quantitative estimate of drug-likeness (QED) is 0.549. The highest BCUT2D eigenvalue weighted by molar-refractivity contribution is 7.98. The number of halogens is 1. The zero-order valence-corrected chi connectivity index (χ0v) is 11.9. The third kappa shape index (κ3) is 6.08. The van der Waals surface area contributed by atoms with E-state index in [0.29, 0.717) is 10.7 Å². The fraction of sp³-hybridized carbons (Fsp3) is 0.538. The fourth-order valence-electron chi connectivity index (χ4n) is 1.62. The minimum absolute atomic E-state index is 0.701. The number of nitrogen functional groups attached to an aromatic ring is 1. The molecule has 0 amide bonds. The number of unbranched alkanes of at least 4 members (excludes halogenated alkanes) is 3. The van der Waals surface area contributed by atoms with Crippen LogP contribution in [-0.4, -0.2) is 18.6 Å². The summed E-state index contributed by atoms with van der Waals surface area (Å²) in [5.74, 6) is 1.28. The Hall–Kier alpha value is -0.540. The second-order valence-corrected chi connectivity index (χ2v) is 5.47. The highest BCUT2D eigenvalue weighted by atomic mass is 35.5. The van der Waals surface area contributed by atoms with Gasteiger partial charge in [-0.3, -0.25) is 0 Å². The lowest BCUT2D eigenvalue weighted by atomic mass is 10.2. The second kappa shape index (κ2) is 8.54. The number of nitrogens with one attached hydrogen (secondary N) is 1. The lowest BCUT2D eigenvalue weighted by molar-refractivity contribution is 0.689. The molecular formula is C13H21ClN2S. The van der Waals surface area contributed by atoms with E-state index < -0.39 is 0 Å². The van der Waals surface area contributed by atoms with E-state index in [2.05, 4.69) is 11.6 Å². The Morgan fingerprint density at radius 3 is 2.71 bits per heavy atom. The molecule has 96 valence electrons. The number of benzene rings is 1. The van der Waals surface area contributed by atoms with Crippen LogP contribution in [0.3, 0.4) is 0 Å². The Kier molecular flexibility index (Phi) is 7.29. The average molecular weight is 273 g/mol. The fourth-order valence-corrected chi connectivity index (χ4v) is 2.37. The number of hydrogen-bond donors (Lipinski definition) is 2. The lowest BCUT2D eigenvalue weighted by Gasteiger charge is -2.08. The van der Waals surface area contributed by atoms with Gasteiger partial charge in [0, 0.05) is 12.2 Å². The number of nitrogens with two attached hydrogens (primary N) is 1. The summed E-state index contributed by atoms with van der Waals surface area (Å²) in [6, 6.07) is 5.58. The zero-order valence-electron chi connectivity index (χ0n) is 10.3. The second-order valence-electron chi connectivity index (χ2n) is 4.07. The molecule has 1 aromatic rings. The largest absolute Gasteiger partial charge is 0.399 e. The Morgan fingerprint density at radius 2 is 2.00 bits per heavy atom. The molecule has 0 fully saturated rings. The van der Waals surface area contributed by atoms with E-state index in [-0.39, 0.29) is 0 Å². The molecule has 0 saturated heterocycles. The standard InChI is InChI=1S/C13H21ClN2S/c1-17-9-5-3-2-4-8-16-13-7-6-11(15)10-12(13)14/h6-7,10,16H,2-5,8-9,15H2,1H3. The molecule has 0 radical (unpaired) electrons. The summed E-state index contributed by atoms with van der Waals surface area (Å²) in [5, 5.41) is 4.04. The first-order valence-electron chi connectivity index (χ1n) is 6.02. The predicted octanol–water partition coefficient (Wildman–Crippen LogP) is 4.26. The van der Waals surface area contributed by atoms with Gasteiger partial charge in [-0.05, 0) is 43.0 Å². The van der Waals surface area contributed by atoms with Crippen LogP contribution in [0, 0.1) is 0 Å². The maximum absolute atomic E-state index is 6.07. The summed E-state index contributed by atoms with van der Waals surface area (Å²) in [5.41, 5.74) is 7.32. The summed E-state index contributed by atoms with van der Waals surface area (Å²) >= 11 is 7.99. The monoisotopic (exact) mass is 272 g/mol. The van der Waals surface area contributed by atoms with Gasteiger partial charge in [-0.15, -0.1) is 0 Å². The molecular weight excluding hydrogens is 252 g/mol. The Bertz CT molecular complexity index is 331. The molecule has 4 heteroatoms. The van der Waals surface area contributed by atoms with Gasteiger partial charge in [-0.25, -0.2) is 0 Å². The molecule has 0 aliphatic rings. The molecule has 3 N–H and O–H groups in total. The number of hydrogen-bond acceptors (Lipinski definition) is 3. The van der Waals surface area contributed by atoms with Crippen molar-refractivity contribution in [1.82, 2.24) is 0 Å². The van der Waals surface area contributed by atoms with Crippen molar-refractivity contribution in [3.63, 3.8) is 0 Å². The lowest BCUT2D eigenvalue weighted by Crippen LogP contribution is -2.02. The number of anilines is 2. The molecule has 17 heavy (non-hydrogen) atoms. The molecule has 1 aromatic carbocycles. The van der Waals surface area contributed by atoms with Gasteiger partial charge in [0.05, 0.1) is 10.7 Å². The van der Waals surface area contributed by atoms with Gasteiger partial charge < -0.3 is 11.1 Å². The maximum Gasteiger partial charge on any atom is 0.0657 e. The highest BCUT2D eigenvalue weighted by Gasteiger charge is 1.99. The van der Waals surface area contributed by atoms with Crippen molar-refractivity contribution in [2.24, 2.45) is 0 Å². The van der Waals surface area contributed by atoms with Gasteiger partial charge in [-0.2, -0.15) is 11.8 Å². The minimum atomic E-state index is 0.701. The first-order chi connectivity index (χ1) is 8.24. The van der Waals surface area contributed by atoms with Crippen LogP contribution < -0.4 is 11.1 Å². The van der Waals surface area contributed by atoms with Crippen molar-refractivity contribution in [2.45, 2.75) is 25.7 Å². The van der Waals surface area contributed by atoms with Gasteiger partial charge in [-0.1, -0.05) is 24.4 Å².